The van der Waals surface area contributed by atoms with E-state index in [1.807, 2.05) is 0 Å². The van der Waals surface area contributed by atoms with Crippen LogP contribution in [0.5, 0.6) is 0 Å². The molecule has 0 aromatic heterocycles. The summed E-state index contributed by atoms with van der Waals surface area (Å²) in [5, 5.41) is 8.75. The molecule has 1 amide bonds. The van der Waals surface area contributed by atoms with E-state index in [2.05, 4.69) is 5.92 Å². The highest BCUT2D eigenvalue weighted by atomic mass is 16.4. The van der Waals surface area contributed by atoms with E-state index in [1.54, 1.807) is 0 Å². The number of carboxylic acid groups (broad SMARTS) is 1. The fourth-order valence-corrected chi connectivity index (χ4v) is 1.61. The van der Waals surface area contributed by atoms with Gasteiger partial charge in [0.1, 0.15) is 0 Å². The minimum atomic E-state index is -0.865. The summed E-state index contributed by atoms with van der Waals surface area (Å²) in [5.74, 6) is 0.733. The number of hydrogen-bond donors (Lipinski definition) is 2. The molecule has 0 spiro atoms. The number of terminal acetylenes is 1. The maximum atomic E-state index is 11.6. The molecule has 5 nitrogen and oxygen atoms in total. The van der Waals surface area contributed by atoms with Crippen LogP contribution in [0.3, 0.4) is 0 Å². The van der Waals surface area contributed by atoms with Crippen LogP contribution in [0.2, 0.25) is 0 Å². The number of likely N-dealkylation sites (tertiary alicyclic amines) is 1. The Morgan fingerprint density at radius 2 is 2.33 bits per heavy atom. The van der Waals surface area contributed by atoms with E-state index in [0.717, 1.165) is 0 Å². The molecule has 1 aliphatic rings. The average molecular weight is 210 g/mol. The van der Waals surface area contributed by atoms with Gasteiger partial charge in [-0.25, -0.2) is 0 Å². The highest BCUT2D eigenvalue weighted by Crippen LogP contribution is 2.17. The van der Waals surface area contributed by atoms with Crippen molar-refractivity contribution in [3.63, 3.8) is 0 Å². The Morgan fingerprint density at radius 3 is 2.80 bits per heavy atom. The summed E-state index contributed by atoms with van der Waals surface area (Å²) < 4.78 is 0. The zero-order valence-corrected chi connectivity index (χ0v) is 8.35. The molecule has 0 aromatic carbocycles. The maximum Gasteiger partial charge on any atom is 0.308 e. The molecule has 2 unspecified atom stereocenters. The number of rotatable bonds is 3. The van der Waals surface area contributed by atoms with E-state index < -0.39 is 17.9 Å². The van der Waals surface area contributed by atoms with Crippen molar-refractivity contribution in [3.8, 4) is 12.3 Å². The van der Waals surface area contributed by atoms with Gasteiger partial charge in [-0.1, -0.05) is 0 Å². The van der Waals surface area contributed by atoms with Gasteiger partial charge in [0.2, 0.25) is 5.91 Å². The third kappa shape index (κ3) is 2.70. The molecular formula is C10H14N2O3. The average Bonchev–Trinajstić information content (AvgIpc) is 2.65. The molecule has 1 saturated heterocycles. The Kier molecular flexibility index (Phi) is 3.69. The first kappa shape index (κ1) is 11.5. The second kappa shape index (κ2) is 4.80. The molecule has 0 bridgehead atoms. The molecule has 0 radical (unpaired) electrons. The van der Waals surface area contributed by atoms with Crippen LogP contribution in [0.15, 0.2) is 0 Å². The molecule has 5 heteroatoms. The van der Waals surface area contributed by atoms with Crippen LogP contribution in [0.25, 0.3) is 0 Å². The Hall–Kier alpha value is -1.54. The Labute approximate surface area is 88.2 Å². The second-order valence-corrected chi connectivity index (χ2v) is 3.62. The molecule has 0 aliphatic carbocycles. The lowest BCUT2D eigenvalue weighted by atomic mass is 10.1. The number of carboxylic acids is 1. The first-order valence-electron chi connectivity index (χ1n) is 4.77. The zero-order valence-electron chi connectivity index (χ0n) is 8.35. The largest absolute Gasteiger partial charge is 0.481 e. The standard InChI is InChI=1S/C10H14N2O3/c1-2-3-8(11)9(13)12-5-4-7(6-12)10(14)15/h1,7-8H,3-6,11H2,(H,14,15). The molecule has 15 heavy (non-hydrogen) atoms. The highest BCUT2D eigenvalue weighted by Gasteiger charge is 2.32. The highest BCUT2D eigenvalue weighted by molar-refractivity contribution is 5.83. The SMILES string of the molecule is C#CCC(N)C(=O)N1CCC(C(=O)O)C1. The first-order chi connectivity index (χ1) is 7.06. The van der Waals surface area contributed by atoms with Crippen LogP contribution >= 0.6 is 0 Å². The van der Waals surface area contributed by atoms with Gasteiger partial charge in [-0.05, 0) is 6.42 Å². The lowest BCUT2D eigenvalue weighted by Crippen LogP contribution is -2.42. The van der Waals surface area contributed by atoms with Gasteiger partial charge in [-0.15, -0.1) is 12.3 Å². The van der Waals surface area contributed by atoms with Crippen molar-refractivity contribution in [1.82, 2.24) is 4.90 Å². The smallest absolute Gasteiger partial charge is 0.308 e. The van der Waals surface area contributed by atoms with E-state index in [4.69, 9.17) is 17.3 Å². The van der Waals surface area contributed by atoms with Gasteiger partial charge in [0.15, 0.2) is 0 Å². The summed E-state index contributed by atoms with van der Waals surface area (Å²) in [4.78, 5) is 23.8. The van der Waals surface area contributed by atoms with Crippen molar-refractivity contribution < 1.29 is 14.7 Å². The molecule has 1 heterocycles. The molecule has 1 aliphatic heterocycles. The van der Waals surface area contributed by atoms with E-state index >= 15 is 0 Å². The van der Waals surface area contributed by atoms with Crippen LogP contribution in [0, 0.1) is 18.3 Å². The Morgan fingerprint density at radius 1 is 1.67 bits per heavy atom. The summed E-state index contributed by atoms with van der Waals surface area (Å²) in [6.07, 6.45) is 5.72. The van der Waals surface area contributed by atoms with Gasteiger partial charge in [0.05, 0.1) is 12.0 Å². The van der Waals surface area contributed by atoms with Gasteiger partial charge < -0.3 is 15.7 Å². The molecule has 0 aromatic rings. The fourth-order valence-electron chi connectivity index (χ4n) is 1.61. The van der Waals surface area contributed by atoms with Crippen molar-refractivity contribution >= 4 is 11.9 Å². The monoisotopic (exact) mass is 210 g/mol. The molecule has 82 valence electrons. The summed E-state index contributed by atoms with van der Waals surface area (Å²) >= 11 is 0. The van der Waals surface area contributed by atoms with Crippen molar-refractivity contribution in [2.45, 2.75) is 18.9 Å². The zero-order chi connectivity index (χ0) is 11.4. The molecule has 1 rings (SSSR count). The van der Waals surface area contributed by atoms with Gasteiger partial charge >= 0.3 is 5.97 Å². The van der Waals surface area contributed by atoms with Crippen LogP contribution < -0.4 is 5.73 Å². The number of hydrogen-bond acceptors (Lipinski definition) is 3. The minimum Gasteiger partial charge on any atom is -0.481 e. The lowest BCUT2D eigenvalue weighted by Gasteiger charge is -2.19. The lowest BCUT2D eigenvalue weighted by molar-refractivity contribution is -0.141. The summed E-state index contributed by atoms with van der Waals surface area (Å²) in [6, 6.07) is -0.706. The third-order valence-electron chi connectivity index (χ3n) is 2.50. The second-order valence-electron chi connectivity index (χ2n) is 3.62. The Bertz CT molecular complexity index is 308. The predicted octanol–water partition coefficient (Wildman–Crippen LogP) is -0.730. The fraction of sp³-hybridized carbons (Fsp3) is 0.600. The van der Waals surface area contributed by atoms with Gasteiger partial charge in [0.25, 0.3) is 0 Å². The summed E-state index contributed by atoms with van der Waals surface area (Å²) in [7, 11) is 0. The molecule has 0 saturated carbocycles. The number of nitrogens with two attached hydrogens (primary N) is 1. The van der Waals surface area contributed by atoms with Crippen LogP contribution in [0.4, 0.5) is 0 Å². The topological polar surface area (TPSA) is 83.6 Å². The predicted molar refractivity (Wildman–Crippen MR) is 53.7 cm³/mol. The number of amides is 1. The number of carbonyl (C=O) groups is 2. The number of aliphatic carboxylic acids is 1. The van der Waals surface area contributed by atoms with Crippen molar-refractivity contribution in [3.05, 3.63) is 0 Å². The number of carbonyl (C=O) groups excluding carboxylic acids is 1. The van der Waals surface area contributed by atoms with Crippen LogP contribution in [-0.2, 0) is 9.59 Å². The van der Waals surface area contributed by atoms with Crippen LogP contribution in [-0.4, -0.2) is 41.0 Å². The van der Waals surface area contributed by atoms with Crippen molar-refractivity contribution in [2.75, 3.05) is 13.1 Å². The van der Waals surface area contributed by atoms with Crippen LogP contribution in [0.1, 0.15) is 12.8 Å². The van der Waals surface area contributed by atoms with E-state index in [-0.39, 0.29) is 18.9 Å². The first-order valence-corrected chi connectivity index (χ1v) is 4.77. The maximum absolute atomic E-state index is 11.6. The summed E-state index contributed by atoms with van der Waals surface area (Å²) in [5.41, 5.74) is 5.55. The molecule has 3 N–H and O–H groups in total. The van der Waals surface area contributed by atoms with E-state index in [9.17, 15) is 9.59 Å². The molecule has 1 fully saturated rings. The third-order valence-corrected chi connectivity index (χ3v) is 2.50. The van der Waals surface area contributed by atoms with Crippen molar-refractivity contribution in [2.24, 2.45) is 11.7 Å². The van der Waals surface area contributed by atoms with Crippen molar-refractivity contribution in [1.29, 1.82) is 0 Å². The van der Waals surface area contributed by atoms with E-state index in [0.29, 0.717) is 13.0 Å². The van der Waals surface area contributed by atoms with E-state index in [1.165, 1.54) is 4.90 Å². The Balaban J connectivity index is 2.50. The molecular weight excluding hydrogens is 196 g/mol. The normalized spacial score (nSPS) is 22.1. The van der Waals surface area contributed by atoms with Gasteiger partial charge in [-0.3, -0.25) is 9.59 Å². The minimum absolute atomic E-state index is 0.188. The summed E-state index contributed by atoms with van der Waals surface area (Å²) in [6.45, 7) is 0.695. The van der Waals surface area contributed by atoms with Gasteiger partial charge in [0, 0.05) is 19.5 Å². The van der Waals surface area contributed by atoms with Gasteiger partial charge in [-0.2, -0.15) is 0 Å². The molecule has 2 atom stereocenters. The number of nitrogens with zero attached hydrogens (tertiary/aromatic N) is 1. The quantitative estimate of drug-likeness (QED) is 0.601.